The minimum absolute atomic E-state index is 0.0732. The SMILES string of the molecule is CCCCOc1ccc(C2c3c(oc4ccc(F)cc4c3=O)C(=O)N2c2nccs2)cc1OC. The van der Waals surface area contributed by atoms with Gasteiger partial charge in [0.1, 0.15) is 11.4 Å². The van der Waals surface area contributed by atoms with Crippen LogP contribution in [0.15, 0.2) is 57.2 Å². The van der Waals surface area contributed by atoms with Crippen LogP contribution in [-0.4, -0.2) is 24.6 Å². The van der Waals surface area contributed by atoms with E-state index in [0.29, 0.717) is 28.8 Å². The molecule has 9 heteroatoms. The van der Waals surface area contributed by atoms with Crippen LogP contribution in [-0.2, 0) is 0 Å². The molecule has 0 saturated heterocycles. The van der Waals surface area contributed by atoms with Crippen molar-refractivity contribution in [2.24, 2.45) is 0 Å². The van der Waals surface area contributed by atoms with Crippen LogP contribution in [0.25, 0.3) is 11.0 Å². The smallest absolute Gasteiger partial charge is 0.297 e. The quantitative estimate of drug-likeness (QED) is 0.333. The lowest BCUT2D eigenvalue weighted by atomic mass is 9.98. The molecule has 1 amide bonds. The number of rotatable bonds is 7. The summed E-state index contributed by atoms with van der Waals surface area (Å²) in [5, 5.41) is 2.23. The van der Waals surface area contributed by atoms with Crippen molar-refractivity contribution in [3.8, 4) is 11.5 Å². The van der Waals surface area contributed by atoms with Crippen LogP contribution in [0.1, 0.15) is 47.5 Å². The minimum Gasteiger partial charge on any atom is -0.493 e. The topological polar surface area (TPSA) is 81.9 Å². The second-order valence-corrected chi connectivity index (χ2v) is 8.69. The highest BCUT2D eigenvalue weighted by Gasteiger charge is 2.45. The number of hydrogen-bond acceptors (Lipinski definition) is 7. The van der Waals surface area contributed by atoms with Crippen molar-refractivity contribution >= 4 is 33.3 Å². The Labute approximate surface area is 198 Å². The Morgan fingerprint density at radius 3 is 2.76 bits per heavy atom. The van der Waals surface area contributed by atoms with Crippen molar-refractivity contribution in [2.45, 2.75) is 25.8 Å². The van der Waals surface area contributed by atoms with E-state index in [-0.39, 0.29) is 22.3 Å². The molecule has 4 aromatic rings. The lowest BCUT2D eigenvalue weighted by molar-refractivity contribution is 0.0971. The van der Waals surface area contributed by atoms with E-state index in [1.165, 1.54) is 35.5 Å². The number of ether oxygens (including phenoxy) is 2. The van der Waals surface area contributed by atoms with Gasteiger partial charge in [0.25, 0.3) is 5.91 Å². The first-order valence-electron chi connectivity index (χ1n) is 10.8. The van der Waals surface area contributed by atoms with Gasteiger partial charge in [-0.2, -0.15) is 0 Å². The number of aromatic nitrogens is 1. The number of nitrogens with zero attached hydrogens (tertiary/aromatic N) is 2. The summed E-state index contributed by atoms with van der Waals surface area (Å²) in [4.78, 5) is 32.7. The van der Waals surface area contributed by atoms with E-state index in [4.69, 9.17) is 13.9 Å². The Kier molecular flexibility index (Phi) is 5.79. The Hall–Kier alpha value is -3.72. The number of methoxy groups -OCH3 is 1. The first-order chi connectivity index (χ1) is 16.5. The summed E-state index contributed by atoms with van der Waals surface area (Å²) >= 11 is 1.27. The van der Waals surface area contributed by atoms with Gasteiger partial charge in [0, 0.05) is 11.6 Å². The molecule has 3 heterocycles. The maximum atomic E-state index is 13.9. The van der Waals surface area contributed by atoms with E-state index in [1.54, 1.807) is 29.8 Å². The molecule has 7 nitrogen and oxygen atoms in total. The summed E-state index contributed by atoms with van der Waals surface area (Å²) in [7, 11) is 1.53. The molecule has 2 aromatic heterocycles. The molecule has 1 unspecified atom stereocenters. The summed E-state index contributed by atoms with van der Waals surface area (Å²) in [6.45, 7) is 2.62. The molecule has 2 aromatic carbocycles. The first kappa shape index (κ1) is 22.1. The fourth-order valence-electron chi connectivity index (χ4n) is 4.09. The number of anilines is 1. The zero-order chi connectivity index (χ0) is 23.8. The first-order valence-corrected chi connectivity index (χ1v) is 11.7. The van der Waals surface area contributed by atoms with E-state index in [0.717, 1.165) is 18.9 Å². The van der Waals surface area contributed by atoms with E-state index >= 15 is 0 Å². The number of hydrogen-bond donors (Lipinski definition) is 0. The maximum absolute atomic E-state index is 13.9. The number of amides is 1. The minimum atomic E-state index is -0.823. The molecular formula is C25H21FN2O5S. The fourth-order valence-corrected chi connectivity index (χ4v) is 4.76. The van der Waals surface area contributed by atoms with Gasteiger partial charge in [0.05, 0.1) is 30.7 Å². The van der Waals surface area contributed by atoms with Crippen molar-refractivity contribution in [3.63, 3.8) is 0 Å². The van der Waals surface area contributed by atoms with Crippen molar-refractivity contribution in [3.05, 3.63) is 80.9 Å². The van der Waals surface area contributed by atoms with E-state index in [1.807, 2.05) is 0 Å². The third kappa shape index (κ3) is 3.62. The van der Waals surface area contributed by atoms with Gasteiger partial charge in [-0.3, -0.25) is 14.5 Å². The summed E-state index contributed by atoms with van der Waals surface area (Å²) < 4.78 is 31.2. The van der Waals surface area contributed by atoms with Crippen LogP contribution < -0.4 is 19.8 Å². The molecule has 0 radical (unpaired) electrons. The van der Waals surface area contributed by atoms with Crippen molar-refractivity contribution < 1.29 is 23.1 Å². The molecule has 0 spiro atoms. The summed E-state index contributed by atoms with van der Waals surface area (Å²) in [6.07, 6.45) is 3.48. The number of fused-ring (bicyclic) bond motifs is 2. The van der Waals surface area contributed by atoms with Crippen LogP contribution >= 0.6 is 11.3 Å². The molecule has 1 atom stereocenters. The lowest BCUT2D eigenvalue weighted by Gasteiger charge is -2.23. The van der Waals surface area contributed by atoms with Crippen molar-refractivity contribution in [1.29, 1.82) is 0 Å². The average Bonchev–Trinajstić information content (AvgIpc) is 3.46. The van der Waals surface area contributed by atoms with E-state index < -0.39 is 23.2 Å². The number of halogens is 1. The average molecular weight is 481 g/mol. The van der Waals surface area contributed by atoms with Gasteiger partial charge in [-0.05, 0) is 42.3 Å². The number of carbonyl (C=O) groups is 1. The molecule has 34 heavy (non-hydrogen) atoms. The van der Waals surface area contributed by atoms with E-state index in [2.05, 4.69) is 11.9 Å². The van der Waals surface area contributed by atoms with Gasteiger partial charge in [-0.1, -0.05) is 19.4 Å². The molecule has 0 bridgehead atoms. The van der Waals surface area contributed by atoms with Gasteiger partial charge < -0.3 is 13.9 Å². The fraction of sp³-hybridized carbons (Fsp3) is 0.240. The number of thiazole rings is 1. The number of benzene rings is 2. The van der Waals surface area contributed by atoms with Crippen LogP contribution in [0, 0.1) is 5.82 Å². The standard InChI is InChI=1S/C25H21FN2O5S/c1-3-4-10-32-18-7-5-14(12-19(18)31-2)21-20-22(29)16-13-15(26)6-8-17(16)33-23(20)24(30)28(21)25-27-9-11-34-25/h5-9,11-13,21H,3-4,10H2,1-2H3. The molecule has 0 N–H and O–H groups in total. The Morgan fingerprint density at radius 2 is 2.03 bits per heavy atom. The van der Waals surface area contributed by atoms with Crippen LogP contribution in [0.3, 0.4) is 0 Å². The molecule has 5 rings (SSSR count). The van der Waals surface area contributed by atoms with E-state index in [9.17, 15) is 14.0 Å². The predicted molar refractivity (Wildman–Crippen MR) is 127 cm³/mol. The monoisotopic (exact) mass is 480 g/mol. The summed E-state index contributed by atoms with van der Waals surface area (Å²) in [5.41, 5.74) is 0.441. The van der Waals surface area contributed by atoms with Crippen LogP contribution in [0.2, 0.25) is 0 Å². The van der Waals surface area contributed by atoms with Gasteiger partial charge in [-0.25, -0.2) is 9.37 Å². The summed E-state index contributed by atoms with van der Waals surface area (Å²) in [6, 6.07) is 8.13. The van der Waals surface area contributed by atoms with Gasteiger partial charge in [0.15, 0.2) is 22.1 Å². The third-order valence-electron chi connectivity index (χ3n) is 5.72. The second-order valence-electron chi connectivity index (χ2n) is 7.82. The predicted octanol–water partition coefficient (Wildman–Crippen LogP) is 5.33. The molecule has 1 aliphatic heterocycles. The number of unbranched alkanes of at least 4 members (excludes halogenated alkanes) is 1. The normalized spacial score (nSPS) is 15.1. The summed E-state index contributed by atoms with van der Waals surface area (Å²) in [5.74, 6) is -0.0813. The highest BCUT2D eigenvalue weighted by Crippen LogP contribution is 2.43. The molecular weight excluding hydrogens is 459 g/mol. The Bertz CT molecular complexity index is 1430. The van der Waals surface area contributed by atoms with Gasteiger partial charge in [0.2, 0.25) is 5.76 Å². The van der Waals surface area contributed by atoms with Crippen molar-refractivity contribution in [2.75, 3.05) is 18.6 Å². The second kappa shape index (κ2) is 8.90. The van der Waals surface area contributed by atoms with Crippen LogP contribution in [0.4, 0.5) is 9.52 Å². The zero-order valence-corrected chi connectivity index (χ0v) is 19.4. The Morgan fingerprint density at radius 1 is 1.18 bits per heavy atom. The molecule has 1 aliphatic rings. The lowest BCUT2D eigenvalue weighted by Crippen LogP contribution is -2.29. The molecule has 0 aliphatic carbocycles. The molecule has 0 saturated carbocycles. The number of carbonyl (C=O) groups excluding carboxylic acids is 1. The highest BCUT2D eigenvalue weighted by molar-refractivity contribution is 7.13. The largest absolute Gasteiger partial charge is 0.493 e. The highest BCUT2D eigenvalue weighted by atomic mass is 32.1. The third-order valence-corrected chi connectivity index (χ3v) is 6.49. The zero-order valence-electron chi connectivity index (χ0n) is 18.5. The maximum Gasteiger partial charge on any atom is 0.297 e. The van der Waals surface area contributed by atoms with Crippen molar-refractivity contribution in [1.82, 2.24) is 4.98 Å². The Balaban J connectivity index is 1.70. The van der Waals surface area contributed by atoms with Gasteiger partial charge in [-0.15, -0.1) is 11.3 Å². The molecule has 0 fully saturated rings. The van der Waals surface area contributed by atoms with Crippen LogP contribution in [0.5, 0.6) is 11.5 Å². The molecule has 174 valence electrons. The van der Waals surface area contributed by atoms with Gasteiger partial charge >= 0.3 is 0 Å².